The fourth-order valence-electron chi connectivity index (χ4n) is 2.62. The van der Waals surface area contributed by atoms with Crippen LogP contribution >= 0.6 is 0 Å². The van der Waals surface area contributed by atoms with Gasteiger partial charge in [0.15, 0.2) is 5.78 Å². The molecule has 0 bridgehead atoms. The van der Waals surface area contributed by atoms with Gasteiger partial charge in [-0.25, -0.2) is 0 Å². The van der Waals surface area contributed by atoms with E-state index in [1.165, 1.54) is 0 Å². The lowest BCUT2D eigenvalue weighted by Gasteiger charge is -2.18. The second-order valence-electron chi connectivity index (χ2n) is 5.30. The number of Topliss-reactive ketones (excluding diaryl/α,β-unsaturated/α-hetero) is 1. The fraction of sp³-hybridized carbons (Fsp3) is 0.533. The van der Waals surface area contributed by atoms with E-state index in [0.717, 1.165) is 36.1 Å². The largest absolute Gasteiger partial charge is 0.496 e. The van der Waals surface area contributed by atoms with Crippen LogP contribution in [0.5, 0.6) is 5.75 Å². The van der Waals surface area contributed by atoms with E-state index in [0.29, 0.717) is 5.75 Å². The highest BCUT2D eigenvalue weighted by Crippen LogP contribution is 2.49. The summed E-state index contributed by atoms with van der Waals surface area (Å²) in [6.45, 7) is 4.75. The molecule has 3 heteroatoms. The van der Waals surface area contributed by atoms with Gasteiger partial charge in [0.2, 0.25) is 0 Å². The van der Waals surface area contributed by atoms with Gasteiger partial charge in [-0.3, -0.25) is 4.79 Å². The summed E-state index contributed by atoms with van der Waals surface area (Å²) in [4.78, 5) is 12.7. The van der Waals surface area contributed by atoms with E-state index in [9.17, 15) is 4.79 Å². The molecule has 1 aromatic carbocycles. The van der Waals surface area contributed by atoms with Crippen molar-refractivity contribution in [2.24, 2.45) is 5.41 Å². The van der Waals surface area contributed by atoms with Gasteiger partial charge in [-0.1, -0.05) is 6.07 Å². The summed E-state index contributed by atoms with van der Waals surface area (Å²) in [7, 11) is 3.52. The van der Waals surface area contributed by atoms with Crippen molar-refractivity contribution < 1.29 is 9.53 Å². The highest BCUT2D eigenvalue weighted by Gasteiger charge is 2.50. The van der Waals surface area contributed by atoms with Crippen molar-refractivity contribution in [1.29, 1.82) is 0 Å². The van der Waals surface area contributed by atoms with Crippen molar-refractivity contribution in [3.8, 4) is 5.75 Å². The summed E-state index contributed by atoms with van der Waals surface area (Å²) in [5, 5.41) is 3.13. The maximum Gasteiger partial charge on any atom is 0.174 e. The third-order valence-corrected chi connectivity index (χ3v) is 3.74. The number of hydrogen-bond donors (Lipinski definition) is 1. The summed E-state index contributed by atoms with van der Waals surface area (Å²) in [6, 6.07) is 3.99. The topological polar surface area (TPSA) is 38.3 Å². The molecule has 2 rings (SSSR count). The Kier molecular flexibility index (Phi) is 3.44. The maximum atomic E-state index is 12.7. The highest BCUT2D eigenvalue weighted by atomic mass is 16.5. The van der Waals surface area contributed by atoms with E-state index in [-0.39, 0.29) is 11.2 Å². The molecule has 0 spiro atoms. The van der Waals surface area contributed by atoms with Gasteiger partial charge in [-0.2, -0.15) is 0 Å². The van der Waals surface area contributed by atoms with Crippen LogP contribution < -0.4 is 10.1 Å². The molecule has 0 radical (unpaired) electrons. The molecule has 18 heavy (non-hydrogen) atoms. The van der Waals surface area contributed by atoms with Crippen LogP contribution in [0.15, 0.2) is 12.1 Å². The fourth-order valence-corrected chi connectivity index (χ4v) is 2.62. The highest BCUT2D eigenvalue weighted by molar-refractivity contribution is 6.05. The molecule has 1 N–H and O–H groups in total. The first kappa shape index (κ1) is 13.1. The Balaban J connectivity index is 2.42. The molecule has 0 aromatic heterocycles. The second-order valence-corrected chi connectivity index (χ2v) is 5.30. The number of nitrogens with one attached hydrogen (secondary N) is 1. The number of carbonyl (C=O) groups excluding carboxylic acids is 1. The first-order valence-electron chi connectivity index (χ1n) is 6.39. The Hall–Kier alpha value is -1.35. The van der Waals surface area contributed by atoms with Crippen molar-refractivity contribution in [3.05, 3.63) is 28.8 Å². The van der Waals surface area contributed by atoms with E-state index >= 15 is 0 Å². The third-order valence-electron chi connectivity index (χ3n) is 3.74. The number of rotatable bonds is 5. The van der Waals surface area contributed by atoms with E-state index in [2.05, 4.69) is 5.32 Å². The molecule has 1 aliphatic rings. The Bertz CT molecular complexity index is 476. The molecule has 3 nitrogen and oxygen atoms in total. The van der Waals surface area contributed by atoms with Crippen molar-refractivity contribution in [1.82, 2.24) is 5.32 Å². The molecule has 0 amide bonds. The molecule has 0 atom stereocenters. The SMILES string of the molecule is CNCC1(C(=O)c2c(C)cc(C)cc2OC)CC1. The van der Waals surface area contributed by atoms with Gasteiger partial charge >= 0.3 is 0 Å². The standard InChI is InChI=1S/C15H21NO2/c1-10-7-11(2)13(12(8-10)18-4)14(17)15(5-6-15)9-16-3/h7-8,16H,5-6,9H2,1-4H3. The van der Waals surface area contributed by atoms with Crippen LogP contribution in [0.3, 0.4) is 0 Å². The number of aryl methyl sites for hydroxylation is 2. The minimum Gasteiger partial charge on any atom is -0.496 e. The van der Waals surface area contributed by atoms with Gasteiger partial charge in [0.25, 0.3) is 0 Å². The number of carbonyl (C=O) groups is 1. The number of ether oxygens (including phenoxy) is 1. The van der Waals surface area contributed by atoms with E-state index in [1.807, 2.05) is 33.0 Å². The van der Waals surface area contributed by atoms with Crippen molar-refractivity contribution in [2.75, 3.05) is 20.7 Å². The molecular formula is C15H21NO2. The Morgan fingerprint density at radius 1 is 1.39 bits per heavy atom. The van der Waals surface area contributed by atoms with Crippen LogP contribution in [-0.4, -0.2) is 26.5 Å². The van der Waals surface area contributed by atoms with Gasteiger partial charge in [-0.15, -0.1) is 0 Å². The van der Waals surface area contributed by atoms with Crippen molar-refractivity contribution in [2.45, 2.75) is 26.7 Å². The molecule has 0 heterocycles. The van der Waals surface area contributed by atoms with Crippen LogP contribution in [0.2, 0.25) is 0 Å². The van der Waals surface area contributed by atoms with Crippen LogP contribution in [0.25, 0.3) is 0 Å². The lowest BCUT2D eigenvalue weighted by atomic mass is 9.90. The van der Waals surface area contributed by atoms with Crippen LogP contribution in [0.4, 0.5) is 0 Å². The average molecular weight is 247 g/mol. The summed E-state index contributed by atoms with van der Waals surface area (Å²) in [5.41, 5.74) is 2.71. The minimum atomic E-state index is -0.192. The Morgan fingerprint density at radius 3 is 2.56 bits per heavy atom. The predicted octanol–water partition coefficient (Wildman–Crippen LogP) is 2.49. The molecule has 98 valence electrons. The molecule has 1 saturated carbocycles. The van der Waals surface area contributed by atoms with Gasteiger partial charge < -0.3 is 10.1 Å². The summed E-state index contributed by atoms with van der Waals surface area (Å²) >= 11 is 0. The van der Waals surface area contributed by atoms with Crippen molar-refractivity contribution in [3.63, 3.8) is 0 Å². The summed E-state index contributed by atoms with van der Waals surface area (Å²) < 4.78 is 5.39. The van der Waals surface area contributed by atoms with Crippen LogP contribution in [0.1, 0.15) is 34.3 Å². The number of methoxy groups -OCH3 is 1. The number of hydrogen-bond acceptors (Lipinski definition) is 3. The van der Waals surface area contributed by atoms with Gasteiger partial charge in [0.05, 0.1) is 12.7 Å². The molecule has 1 fully saturated rings. The number of benzene rings is 1. The summed E-state index contributed by atoms with van der Waals surface area (Å²) in [5.74, 6) is 0.936. The molecule has 0 saturated heterocycles. The normalized spacial score (nSPS) is 16.4. The molecule has 0 unspecified atom stereocenters. The smallest absolute Gasteiger partial charge is 0.174 e. The molecule has 0 aliphatic heterocycles. The van der Waals surface area contributed by atoms with E-state index in [1.54, 1.807) is 7.11 Å². The first-order valence-corrected chi connectivity index (χ1v) is 6.39. The maximum absolute atomic E-state index is 12.7. The monoisotopic (exact) mass is 247 g/mol. The van der Waals surface area contributed by atoms with Gasteiger partial charge in [0, 0.05) is 12.0 Å². The molecule has 1 aromatic rings. The van der Waals surface area contributed by atoms with Crippen LogP contribution in [0, 0.1) is 19.3 Å². The predicted molar refractivity (Wildman–Crippen MR) is 72.4 cm³/mol. The van der Waals surface area contributed by atoms with Gasteiger partial charge in [0.1, 0.15) is 5.75 Å². The Morgan fingerprint density at radius 2 is 2.06 bits per heavy atom. The number of ketones is 1. The van der Waals surface area contributed by atoms with Gasteiger partial charge in [-0.05, 0) is 50.9 Å². The zero-order chi connectivity index (χ0) is 13.3. The van der Waals surface area contributed by atoms with Crippen molar-refractivity contribution >= 4 is 5.78 Å². The van der Waals surface area contributed by atoms with Crippen LogP contribution in [-0.2, 0) is 0 Å². The lowest BCUT2D eigenvalue weighted by molar-refractivity contribution is 0.0896. The zero-order valence-electron chi connectivity index (χ0n) is 11.6. The van der Waals surface area contributed by atoms with E-state index in [4.69, 9.17) is 4.74 Å². The molecular weight excluding hydrogens is 226 g/mol. The first-order chi connectivity index (χ1) is 8.54. The quantitative estimate of drug-likeness (QED) is 0.812. The average Bonchev–Trinajstić information content (AvgIpc) is 3.08. The summed E-state index contributed by atoms with van der Waals surface area (Å²) in [6.07, 6.45) is 1.95. The third kappa shape index (κ3) is 2.15. The minimum absolute atomic E-state index is 0.192. The lowest BCUT2D eigenvalue weighted by Crippen LogP contribution is -2.28. The Labute approximate surface area is 109 Å². The molecule has 1 aliphatic carbocycles. The zero-order valence-corrected chi connectivity index (χ0v) is 11.6. The van der Waals surface area contributed by atoms with E-state index < -0.39 is 0 Å². The second kappa shape index (κ2) is 4.73.